The molecule has 1 aromatic rings. The predicted octanol–water partition coefficient (Wildman–Crippen LogP) is 7.74. The molecule has 224 valence electrons. The molecule has 0 spiro atoms. The number of alkyl halides is 3. The molecule has 1 saturated heterocycles. The highest BCUT2D eigenvalue weighted by Gasteiger charge is 2.29. The Morgan fingerprint density at radius 2 is 1.75 bits per heavy atom. The van der Waals surface area contributed by atoms with Gasteiger partial charge in [0.05, 0.1) is 19.1 Å². The largest absolute Gasteiger partial charge is 0.496 e. The van der Waals surface area contributed by atoms with Crippen LogP contribution in [0.1, 0.15) is 68.7 Å². The zero-order chi connectivity index (χ0) is 30.1. The molecule has 0 atom stereocenters. The van der Waals surface area contributed by atoms with Crippen LogP contribution in [0.3, 0.4) is 0 Å². The van der Waals surface area contributed by atoms with Gasteiger partial charge in [-0.1, -0.05) is 56.7 Å². The lowest BCUT2D eigenvalue weighted by Gasteiger charge is -2.35. The molecular formula is C32H47F3N2O3. The highest BCUT2D eigenvalue weighted by Crippen LogP contribution is 2.31. The number of carbonyl (C=O) groups is 1. The van der Waals surface area contributed by atoms with Gasteiger partial charge in [-0.3, -0.25) is 4.90 Å². The van der Waals surface area contributed by atoms with Crippen LogP contribution in [0.2, 0.25) is 0 Å². The van der Waals surface area contributed by atoms with Crippen molar-refractivity contribution in [2.45, 2.75) is 73.0 Å². The zero-order valence-electron chi connectivity index (χ0n) is 25.0. The fraction of sp³-hybridized carbons (Fsp3) is 0.531. The van der Waals surface area contributed by atoms with E-state index in [4.69, 9.17) is 9.84 Å². The lowest BCUT2D eigenvalue weighted by atomic mass is 9.95. The average Bonchev–Trinajstić information content (AvgIpc) is 2.91. The number of aliphatic carboxylic acids is 1. The number of carboxylic acid groups (broad SMARTS) is 1. The van der Waals surface area contributed by atoms with Crippen LogP contribution in [0.15, 0.2) is 48.1 Å². The van der Waals surface area contributed by atoms with Crippen molar-refractivity contribution >= 4 is 12.0 Å². The van der Waals surface area contributed by atoms with Crippen LogP contribution in [0.5, 0.6) is 5.75 Å². The van der Waals surface area contributed by atoms with Crippen molar-refractivity contribution < 1.29 is 27.8 Å². The van der Waals surface area contributed by atoms with E-state index in [9.17, 15) is 18.0 Å². The van der Waals surface area contributed by atoms with Crippen molar-refractivity contribution in [3.63, 3.8) is 0 Å². The van der Waals surface area contributed by atoms with E-state index in [0.717, 1.165) is 44.6 Å². The summed E-state index contributed by atoms with van der Waals surface area (Å²) in [6, 6.07) is 2.08. The summed E-state index contributed by atoms with van der Waals surface area (Å²) in [7, 11) is 1.70. The second-order valence-electron chi connectivity index (χ2n) is 9.84. The summed E-state index contributed by atoms with van der Waals surface area (Å²) in [6.07, 6.45) is 11.1. The molecule has 0 bridgehead atoms. The molecule has 1 heterocycles. The summed E-state index contributed by atoms with van der Waals surface area (Å²) in [5, 5.41) is 8.66. The van der Waals surface area contributed by atoms with Gasteiger partial charge in [0, 0.05) is 44.8 Å². The normalized spacial score (nSPS) is 15.7. The average molecular weight is 565 g/mol. The third kappa shape index (κ3) is 13.0. The molecule has 0 radical (unpaired) electrons. The topological polar surface area (TPSA) is 53.0 Å². The van der Waals surface area contributed by atoms with E-state index in [1.807, 2.05) is 24.8 Å². The van der Waals surface area contributed by atoms with Crippen molar-refractivity contribution in [1.29, 1.82) is 0 Å². The van der Waals surface area contributed by atoms with Gasteiger partial charge in [-0.15, -0.1) is 0 Å². The number of hydrogen-bond acceptors (Lipinski definition) is 4. The minimum atomic E-state index is -4.08. The molecule has 8 heteroatoms. The van der Waals surface area contributed by atoms with E-state index >= 15 is 0 Å². The number of hydrogen-bond donors (Lipinski definition) is 1. The molecule has 5 nitrogen and oxygen atoms in total. The first-order valence-corrected chi connectivity index (χ1v) is 14.0. The minimum absolute atomic E-state index is 0.0926. The van der Waals surface area contributed by atoms with E-state index in [1.165, 1.54) is 22.3 Å². The van der Waals surface area contributed by atoms with Gasteiger partial charge in [0.2, 0.25) is 0 Å². The van der Waals surface area contributed by atoms with E-state index in [-0.39, 0.29) is 6.54 Å². The Labute approximate surface area is 238 Å². The SMILES string of the molecule is CCC/C=C\c1c(C)c(C)cc(OC)c1CN1CCN(CCC(F)(F)F)CC1.C\C=C/C=C\C(=C\CC)C(=O)O. The first-order valence-electron chi connectivity index (χ1n) is 14.0. The second-order valence-corrected chi connectivity index (χ2v) is 9.84. The monoisotopic (exact) mass is 564 g/mol. The molecule has 0 saturated carbocycles. The maximum atomic E-state index is 12.4. The van der Waals surface area contributed by atoms with Crippen LogP contribution in [0, 0.1) is 13.8 Å². The Bertz CT molecular complexity index is 1030. The number of allylic oxidation sites excluding steroid dienone is 5. The standard InChI is InChI=1S/C22H33F3N2O.C10H14O2/c1-5-6-7-8-19-18(3)17(2)15-21(28-4)20(19)16-27-13-11-26(12-14-27)10-9-22(23,24)25;1-3-5-6-8-9(7-4-2)10(11)12/h7-8,15H,5-6,9-14,16H2,1-4H3;3,5-8H,4H2,1-2H3,(H,11,12)/b8-7-;5-3-,8-6-,9-7-. The third-order valence-electron chi connectivity index (χ3n) is 6.73. The Morgan fingerprint density at radius 3 is 2.27 bits per heavy atom. The van der Waals surface area contributed by atoms with E-state index in [0.29, 0.717) is 18.7 Å². The van der Waals surface area contributed by atoms with Crippen molar-refractivity contribution in [2.24, 2.45) is 0 Å². The highest BCUT2D eigenvalue weighted by atomic mass is 19.4. The molecule has 1 aromatic carbocycles. The number of ether oxygens (including phenoxy) is 1. The lowest BCUT2D eigenvalue weighted by molar-refractivity contribution is -0.138. The lowest BCUT2D eigenvalue weighted by Crippen LogP contribution is -2.46. The first kappa shape index (κ1) is 35.2. The molecule has 2 rings (SSSR count). The van der Waals surface area contributed by atoms with Crippen molar-refractivity contribution in [3.8, 4) is 5.75 Å². The fourth-order valence-corrected chi connectivity index (χ4v) is 4.30. The summed E-state index contributed by atoms with van der Waals surface area (Å²) >= 11 is 0. The van der Waals surface area contributed by atoms with Gasteiger partial charge < -0.3 is 14.7 Å². The maximum Gasteiger partial charge on any atom is 0.390 e. The molecule has 0 aromatic heterocycles. The van der Waals surface area contributed by atoms with E-state index < -0.39 is 18.6 Å². The molecular weight excluding hydrogens is 517 g/mol. The molecule has 0 aliphatic carbocycles. The van der Waals surface area contributed by atoms with Crippen molar-refractivity contribution in [3.05, 3.63) is 70.3 Å². The van der Waals surface area contributed by atoms with Gasteiger partial charge in [0.25, 0.3) is 0 Å². The van der Waals surface area contributed by atoms with E-state index in [2.05, 4.69) is 43.9 Å². The number of nitrogens with zero attached hydrogens (tertiary/aromatic N) is 2. The number of rotatable bonds is 12. The molecule has 0 unspecified atom stereocenters. The van der Waals surface area contributed by atoms with Gasteiger partial charge in [0.15, 0.2) is 0 Å². The van der Waals surface area contributed by atoms with Gasteiger partial charge in [-0.25, -0.2) is 4.79 Å². The minimum Gasteiger partial charge on any atom is -0.496 e. The molecule has 1 N–H and O–H groups in total. The summed E-state index contributed by atoms with van der Waals surface area (Å²) in [5.41, 5.74) is 5.18. The Balaban J connectivity index is 0.000000562. The number of benzene rings is 1. The predicted molar refractivity (Wildman–Crippen MR) is 159 cm³/mol. The van der Waals surface area contributed by atoms with Crippen LogP contribution in [0.25, 0.3) is 6.08 Å². The maximum absolute atomic E-state index is 12.4. The molecule has 40 heavy (non-hydrogen) atoms. The third-order valence-corrected chi connectivity index (χ3v) is 6.73. The number of aryl methyl sites for hydroxylation is 1. The zero-order valence-corrected chi connectivity index (χ0v) is 25.0. The van der Waals surface area contributed by atoms with Gasteiger partial charge in [0.1, 0.15) is 5.75 Å². The van der Waals surface area contributed by atoms with Crippen LogP contribution in [-0.4, -0.2) is 66.9 Å². The Morgan fingerprint density at radius 1 is 1.10 bits per heavy atom. The molecule has 1 aliphatic rings. The number of piperazine rings is 1. The quantitative estimate of drug-likeness (QED) is 0.208. The Hall–Kier alpha value is -2.84. The smallest absolute Gasteiger partial charge is 0.390 e. The van der Waals surface area contributed by atoms with Crippen molar-refractivity contribution in [1.82, 2.24) is 9.80 Å². The fourth-order valence-electron chi connectivity index (χ4n) is 4.30. The number of halogens is 3. The van der Waals surface area contributed by atoms with Crippen LogP contribution in [0.4, 0.5) is 13.2 Å². The Kier molecular flexibility index (Phi) is 16.3. The molecule has 1 fully saturated rings. The highest BCUT2D eigenvalue weighted by molar-refractivity contribution is 5.89. The number of unbranched alkanes of at least 4 members (excludes halogenated alkanes) is 1. The van der Waals surface area contributed by atoms with Crippen LogP contribution in [-0.2, 0) is 11.3 Å². The summed E-state index contributed by atoms with van der Waals surface area (Å²) in [6.45, 7) is 13.9. The molecule has 1 aliphatic heterocycles. The second kappa shape index (κ2) is 18.5. The summed E-state index contributed by atoms with van der Waals surface area (Å²) in [5.74, 6) is 0.0105. The van der Waals surface area contributed by atoms with Gasteiger partial charge in [-0.05, 0) is 62.4 Å². The van der Waals surface area contributed by atoms with Gasteiger partial charge >= 0.3 is 12.1 Å². The van der Waals surface area contributed by atoms with E-state index in [1.54, 1.807) is 31.4 Å². The number of methoxy groups -OCH3 is 1. The van der Waals surface area contributed by atoms with Crippen LogP contribution >= 0.6 is 0 Å². The first-order chi connectivity index (χ1) is 19.0. The van der Waals surface area contributed by atoms with Gasteiger partial charge in [-0.2, -0.15) is 13.2 Å². The molecule has 0 amide bonds. The van der Waals surface area contributed by atoms with Crippen LogP contribution < -0.4 is 4.74 Å². The summed E-state index contributed by atoms with van der Waals surface area (Å²) in [4.78, 5) is 14.8. The number of carboxylic acids is 1. The summed E-state index contributed by atoms with van der Waals surface area (Å²) < 4.78 is 43.0. The van der Waals surface area contributed by atoms with Crippen molar-refractivity contribution in [2.75, 3.05) is 39.8 Å².